The van der Waals surface area contributed by atoms with Crippen molar-refractivity contribution in [3.8, 4) is 11.3 Å². The van der Waals surface area contributed by atoms with Crippen LogP contribution >= 0.6 is 0 Å². The van der Waals surface area contributed by atoms with Gasteiger partial charge in [0.05, 0.1) is 0 Å². The number of nitrogens with one attached hydrogen (secondary N) is 1. The van der Waals surface area contributed by atoms with Crippen LogP contribution in [0.2, 0.25) is 0 Å². The van der Waals surface area contributed by atoms with E-state index in [4.69, 9.17) is 0 Å². The van der Waals surface area contributed by atoms with Gasteiger partial charge in [0.25, 0.3) is 0 Å². The highest BCUT2D eigenvalue weighted by Gasteiger charge is 2.22. The summed E-state index contributed by atoms with van der Waals surface area (Å²) < 4.78 is 1.33. The van der Waals surface area contributed by atoms with Gasteiger partial charge >= 0.3 is 5.97 Å². The molecule has 22 heavy (non-hydrogen) atoms. The number of rotatable bonds is 6. The van der Waals surface area contributed by atoms with Gasteiger partial charge < -0.3 is 10.4 Å². The van der Waals surface area contributed by atoms with E-state index in [0.29, 0.717) is 17.8 Å². The molecule has 1 amide bonds. The van der Waals surface area contributed by atoms with Crippen LogP contribution in [0.3, 0.4) is 0 Å². The van der Waals surface area contributed by atoms with Crippen LogP contribution in [0.15, 0.2) is 24.3 Å². The first-order chi connectivity index (χ1) is 10.5. The lowest BCUT2D eigenvalue weighted by atomic mass is 10.0. The molecule has 7 heteroatoms. The first-order valence-corrected chi connectivity index (χ1v) is 7.04. The van der Waals surface area contributed by atoms with Crippen molar-refractivity contribution in [3.63, 3.8) is 0 Å². The smallest absolute Gasteiger partial charge is 0.358 e. The number of amides is 1. The molecule has 1 heterocycles. The SMILES string of the molecule is CCCNC(=O)Cn1nnc(C(=O)O)c1-c1ccccc1C. The Morgan fingerprint density at radius 1 is 1.32 bits per heavy atom. The number of carboxylic acids is 1. The Labute approximate surface area is 128 Å². The van der Waals surface area contributed by atoms with Crippen molar-refractivity contribution < 1.29 is 14.7 Å². The zero-order valence-electron chi connectivity index (χ0n) is 12.5. The maximum Gasteiger partial charge on any atom is 0.358 e. The van der Waals surface area contributed by atoms with Crippen molar-refractivity contribution in [1.29, 1.82) is 0 Å². The standard InChI is InChI=1S/C15H18N4O3/c1-3-8-16-12(20)9-19-14(13(15(21)22)17-18-19)11-7-5-4-6-10(11)2/h4-7H,3,8-9H2,1-2H3,(H,16,20)(H,21,22). The Bertz CT molecular complexity index is 694. The predicted molar refractivity (Wildman–Crippen MR) is 80.5 cm³/mol. The zero-order valence-corrected chi connectivity index (χ0v) is 12.5. The van der Waals surface area contributed by atoms with Crippen LogP contribution in [-0.2, 0) is 11.3 Å². The molecule has 2 rings (SSSR count). The third kappa shape index (κ3) is 3.30. The molecular formula is C15H18N4O3. The number of aromatic nitrogens is 3. The number of aryl methyl sites for hydroxylation is 1. The van der Waals surface area contributed by atoms with Crippen LogP contribution in [0.5, 0.6) is 0 Å². The van der Waals surface area contributed by atoms with Crippen LogP contribution in [0, 0.1) is 6.92 Å². The molecule has 0 aliphatic heterocycles. The number of carboxylic acid groups (broad SMARTS) is 1. The monoisotopic (exact) mass is 302 g/mol. The predicted octanol–water partition coefficient (Wildman–Crippen LogP) is 1.48. The Morgan fingerprint density at radius 3 is 2.68 bits per heavy atom. The minimum Gasteiger partial charge on any atom is -0.476 e. The minimum atomic E-state index is -1.17. The number of carbonyl (C=O) groups is 2. The zero-order chi connectivity index (χ0) is 16.1. The first-order valence-electron chi connectivity index (χ1n) is 7.04. The second-order valence-electron chi connectivity index (χ2n) is 4.91. The fraction of sp³-hybridized carbons (Fsp3) is 0.333. The van der Waals surface area contributed by atoms with Crippen molar-refractivity contribution in [2.45, 2.75) is 26.8 Å². The third-order valence-electron chi connectivity index (χ3n) is 3.20. The third-order valence-corrected chi connectivity index (χ3v) is 3.20. The van der Waals surface area contributed by atoms with Crippen LogP contribution < -0.4 is 5.32 Å². The minimum absolute atomic E-state index is 0.0655. The summed E-state index contributed by atoms with van der Waals surface area (Å²) in [6, 6.07) is 7.33. The van der Waals surface area contributed by atoms with Crippen molar-refractivity contribution in [3.05, 3.63) is 35.5 Å². The molecular weight excluding hydrogens is 284 g/mol. The van der Waals surface area contributed by atoms with Crippen molar-refractivity contribution in [2.75, 3.05) is 6.54 Å². The van der Waals surface area contributed by atoms with E-state index >= 15 is 0 Å². The average Bonchev–Trinajstić information content (AvgIpc) is 2.89. The number of nitrogens with zero attached hydrogens (tertiary/aromatic N) is 3. The van der Waals surface area contributed by atoms with E-state index in [9.17, 15) is 14.7 Å². The summed E-state index contributed by atoms with van der Waals surface area (Å²) in [6.45, 7) is 4.33. The van der Waals surface area contributed by atoms with Crippen LogP contribution in [0.4, 0.5) is 0 Å². The molecule has 0 radical (unpaired) electrons. The molecule has 2 aromatic rings. The quantitative estimate of drug-likeness (QED) is 0.842. The van der Waals surface area contributed by atoms with Gasteiger partial charge in [-0.05, 0) is 18.9 Å². The molecule has 0 atom stereocenters. The Hall–Kier alpha value is -2.70. The summed E-state index contributed by atoms with van der Waals surface area (Å²) in [5.74, 6) is -1.39. The Balaban J connectivity index is 2.42. The highest BCUT2D eigenvalue weighted by molar-refractivity contribution is 5.93. The molecule has 1 aromatic carbocycles. The molecule has 0 saturated heterocycles. The molecule has 0 spiro atoms. The van der Waals surface area contributed by atoms with E-state index in [-0.39, 0.29) is 18.1 Å². The van der Waals surface area contributed by atoms with E-state index in [1.165, 1.54) is 4.68 Å². The summed E-state index contributed by atoms with van der Waals surface area (Å²) in [5, 5.41) is 19.6. The van der Waals surface area contributed by atoms with Crippen molar-refractivity contribution in [1.82, 2.24) is 20.3 Å². The number of benzene rings is 1. The van der Waals surface area contributed by atoms with Gasteiger partial charge in [-0.25, -0.2) is 9.48 Å². The summed E-state index contributed by atoms with van der Waals surface area (Å²) in [7, 11) is 0. The molecule has 0 aliphatic carbocycles. The number of aromatic carboxylic acids is 1. The van der Waals surface area contributed by atoms with Crippen LogP contribution in [-0.4, -0.2) is 38.5 Å². The molecule has 7 nitrogen and oxygen atoms in total. The fourth-order valence-corrected chi connectivity index (χ4v) is 2.13. The molecule has 2 N–H and O–H groups in total. The Kier molecular flexibility index (Phi) is 4.88. The molecule has 116 valence electrons. The first kappa shape index (κ1) is 15.7. The number of hydrogen-bond donors (Lipinski definition) is 2. The maximum atomic E-state index is 11.9. The second-order valence-corrected chi connectivity index (χ2v) is 4.91. The lowest BCUT2D eigenvalue weighted by Gasteiger charge is -2.09. The van der Waals surface area contributed by atoms with Gasteiger partial charge in [-0.2, -0.15) is 0 Å². The molecule has 0 aliphatic rings. The van der Waals surface area contributed by atoms with E-state index < -0.39 is 5.97 Å². The summed E-state index contributed by atoms with van der Waals surface area (Å²) in [5.41, 5.74) is 1.78. The van der Waals surface area contributed by atoms with E-state index in [0.717, 1.165) is 12.0 Å². The van der Waals surface area contributed by atoms with E-state index in [1.54, 1.807) is 6.07 Å². The Morgan fingerprint density at radius 2 is 2.05 bits per heavy atom. The lowest BCUT2D eigenvalue weighted by Crippen LogP contribution is -2.28. The van der Waals surface area contributed by atoms with E-state index in [2.05, 4.69) is 15.6 Å². The normalized spacial score (nSPS) is 10.5. The molecule has 0 unspecified atom stereocenters. The fourth-order valence-electron chi connectivity index (χ4n) is 2.13. The van der Waals surface area contributed by atoms with E-state index in [1.807, 2.05) is 32.0 Å². The summed E-state index contributed by atoms with van der Waals surface area (Å²) in [6.07, 6.45) is 0.828. The van der Waals surface area contributed by atoms with Gasteiger partial charge in [-0.15, -0.1) is 5.10 Å². The van der Waals surface area contributed by atoms with Gasteiger partial charge in [0.2, 0.25) is 5.91 Å². The van der Waals surface area contributed by atoms with Crippen LogP contribution in [0.25, 0.3) is 11.3 Å². The van der Waals surface area contributed by atoms with Gasteiger partial charge in [-0.1, -0.05) is 36.4 Å². The molecule has 0 saturated carbocycles. The average molecular weight is 302 g/mol. The topological polar surface area (TPSA) is 97.1 Å². The number of hydrogen-bond acceptors (Lipinski definition) is 4. The van der Waals surface area contributed by atoms with Crippen molar-refractivity contribution in [2.24, 2.45) is 0 Å². The largest absolute Gasteiger partial charge is 0.476 e. The summed E-state index contributed by atoms with van der Waals surface area (Å²) in [4.78, 5) is 23.2. The highest BCUT2D eigenvalue weighted by atomic mass is 16.4. The van der Waals surface area contributed by atoms with Gasteiger partial charge in [0, 0.05) is 12.1 Å². The molecule has 0 bridgehead atoms. The summed E-state index contributed by atoms with van der Waals surface area (Å²) >= 11 is 0. The second kappa shape index (κ2) is 6.84. The lowest BCUT2D eigenvalue weighted by molar-refractivity contribution is -0.121. The number of carbonyl (C=O) groups excluding carboxylic acids is 1. The van der Waals surface area contributed by atoms with Gasteiger partial charge in [-0.3, -0.25) is 4.79 Å². The van der Waals surface area contributed by atoms with Crippen LogP contribution in [0.1, 0.15) is 29.4 Å². The van der Waals surface area contributed by atoms with Gasteiger partial charge in [0.15, 0.2) is 5.69 Å². The highest BCUT2D eigenvalue weighted by Crippen LogP contribution is 2.25. The molecule has 1 aromatic heterocycles. The van der Waals surface area contributed by atoms with Crippen molar-refractivity contribution >= 4 is 11.9 Å². The molecule has 0 fully saturated rings. The maximum absolute atomic E-state index is 11.9. The van der Waals surface area contributed by atoms with Gasteiger partial charge in [0.1, 0.15) is 12.2 Å².